The molecule has 0 spiro atoms. The summed E-state index contributed by atoms with van der Waals surface area (Å²) in [5, 5.41) is 15.2. The van der Waals surface area contributed by atoms with Crippen LogP contribution in [-0.2, 0) is 16.4 Å². The molecule has 8 nitrogen and oxygen atoms in total. The molecule has 3 rings (SSSR count). The van der Waals surface area contributed by atoms with Crippen molar-refractivity contribution in [2.45, 2.75) is 37.7 Å². The molecule has 152 valence electrons. The van der Waals surface area contributed by atoms with Gasteiger partial charge in [-0.25, -0.2) is 0 Å². The van der Waals surface area contributed by atoms with E-state index in [4.69, 9.17) is 0 Å². The van der Waals surface area contributed by atoms with E-state index in [0.29, 0.717) is 24.1 Å². The van der Waals surface area contributed by atoms with Crippen LogP contribution in [0.4, 0.5) is 35.4 Å². The van der Waals surface area contributed by atoms with E-state index < -0.39 is 15.5 Å². The first kappa shape index (κ1) is 20.5. The van der Waals surface area contributed by atoms with E-state index in [-0.39, 0.29) is 22.5 Å². The van der Waals surface area contributed by atoms with Gasteiger partial charge in [-0.3, -0.25) is 4.72 Å². The van der Waals surface area contributed by atoms with Gasteiger partial charge in [0.25, 0.3) is 5.13 Å². The van der Waals surface area contributed by atoms with Crippen LogP contribution in [0.25, 0.3) is 0 Å². The Labute approximate surface area is 163 Å². The summed E-state index contributed by atoms with van der Waals surface area (Å²) in [6, 6.07) is 3.36. The topological polar surface area (TPSA) is 99.9 Å². The van der Waals surface area contributed by atoms with Crippen LogP contribution in [-0.4, -0.2) is 37.2 Å². The van der Waals surface area contributed by atoms with Crippen molar-refractivity contribution in [3.8, 4) is 0 Å². The van der Waals surface area contributed by atoms with Crippen LogP contribution < -0.4 is 9.62 Å². The number of benzene rings is 1. The molecular formula is C15H17F3N6O2S2. The second-order valence-corrected chi connectivity index (χ2v) is 8.63. The third-order valence-corrected chi connectivity index (χ3v) is 6.18. The minimum Gasteiger partial charge on any atom is -0.371 e. The lowest BCUT2D eigenvalue weighted by Gasteiger charge is -2.36. The van der Waals surface area contributed by atoms with E-state index in [1.54, 1.807) is 10.8 Å². The fraction of sp³-hybridized carbons (Fsp3) is 0.467. The number of aromatic nitrogens is 2. The van der Waals surface area contributed by atoms with Crippen molar-refractivity contribution >= 4 is 43.6 Å². The van der Waals surface area contributed by atoms with Crippen molar-refractivity contribution in [1.82, 2.24) is 10.2 Å². The first-order valence-corrected chi connectivity index (χ1v) is 10.7. The average molecular weight is 434 g/mol. The Morgan fingerprint density at radius 2 is 2.11 bits per heavy atom. The van der Waals surface area contributed by atoms with Crippen LogP contribution in [0.2, 0.25) is 0 Å². The summed E-state index contributed by atoms with van der Waals surface area (Å²) in [6.07, 6.45) is 1.95. The summed E-state index contributed by atoms with van der Waals surface area (Å²) in [7, 11) is -3.78. The van der Waals surface area contributed by atoms with Gasteiger partial charge < -0.3 is 4.90 Å². The second kappa shape index (κ2) is 7.62. The predicted molar refractivity (Wildman–Crippen MR) is 99.9 cm³/mol. The minimum atomic E-state index is -5.61. The van der Waals surface area contributed by atoms with Crippen molar-refractivity contribution in [2.75, 3.05) is 16.7 Å². The highest BCUT2D eigenvalue weighted by atomic mass is 32.2. The lowest BCUT2D eigenvalue weighted by molar-refractivity contribution is -0.0429. The number of sulfonamides is 1. The van der Waals surface area contributed by atoms with Gasteiger partial charge in [-0.15, -0.1) is 20.4 Å². The molecule has 0 radical (unpaired) electrons. The number of nitrogens with one attached hydrogen (secondary N) is 1. The van der Waals surface area contributed by atoms with Crippen LogP contribution in [0.3, 0.4) is 0 Å². The first-order valence-electron chi connectivity index (χ1n) is 8.29. The normalized spacial score (nSPS) is 17.8. The maximum absolute atomic E-state index is 13.0. The van der Waals surface area contributed by atoms with E-state index >= 15 is 0 Å². The Morgan fingerprint density at radius 1 is 1.36 bits per heavy atom. The van der Waals surface area contributed by atoms with Crippen LogP contribution in [0.5, 0.6) is 0 Å². The highest BCUT2D eigenvalue weighted by molar-refractivity contribution is 7.93. The number of hydrogen-bond acceptors (Lipinski definition) is 8. The van der Waals surface area contributed by atoms with E-state index in [1.165, 1.54) is 11.6 Å². The van der Waals surface area contributed by atoms with Crippen LogP contribution in [0.15, 0.2) is 27.9 Å². The molecule has 1 unspecified atom stereocenters. The van der Waals surface area contributed by atoms with Crippen molar-refractivity contribution in [3.05, 3.63) is 23.2 Å². The Morgan fingerprint density at radius 3 is 2.71 bits per heavy atom. The molecule has 2 aromatic rings. The van der Waals surface area contributed by atoms with Gasteiger partial charge in [0.05, 0.1) is 5.69 Å². The largest absolute Gasteiger partial charge is 0.516 e. The van der Waals surface area contributed by atoms with Crippen molar-refractivity contribution in [2.24, 2.45) is 10.2 Å². The Bertz CT molecular complexity index is 976. The number of halogens is 3. The summed E-state index contributed by atoms with van der Waals surface area (Å²) in [5.41, 5.74) is -3.15. The molecule has 0 bridgehead atoms. The van der Waals surface area contributed by atoms with E-state index in [2.05, 4.69) is 20.4 Å². The highest BCUT2D eigenvalue weighted by Crippen LogP contribution is 2.43. The molecule has 0 saturated carbocycles. The van der Waals surface area contributed by atoms with Gasteiger partial charge in [-0.1, -0.05) is 18.3 Å². The van der Waals surface area contributed by atoms with Gasteiger partial charge >= 0.3 is 15.5 Å². The number of nitrogens with zero attached hydrogens (tertiary/aromatic N) is 5. The number of fused-ring (bicyclic) bond motifs is 1. The van der Waals surface area contributed by atoms with Gasteiger partial charge in [0.15, 0.2) is 0 Å². The van der Waals surface area contributed by atoms with Gasteiger partial charge in [-0.2, -0.15) is 21.6 Å². The fourth-order valence-electron chi connectivity index (χ4n) is 3.08. The van der Waals surface area contributed by atoms with Crippen molar-refractivity contribution in [3.63, 3.8) is 0 Å². The number of hydrogen-bond donors (Lipinski definition) is 1. The summed E-state index contributed by atoms with van der Waals surface area (Å²) in [4.78, 5) is 1.94. The Balaban J connectivity index is 2.10. The summed E-state index contributed by atoms with van der Waals surface area (Å²) in [5.74, 6) is 0. The van der Waals surface area contributed by atoms with Crippen LogP contribution >= 0.6 is 11.3 Å². The van der Waals surface area contributed by atoms with Crippen LogP contribution in [0, 0.1) is 0 Å². The zero-order valence-corrected chi connectivity index (χ0v) is 16.6. The molecule has 1 aromatic carbocycles. The number of rotatable bonds is 5. The molecular weight excluding hydrogens is 417 g/mol. The lowest BCUT2D eigenvalue weighted by Crippen LogP contribution is -2.36. The first-order chi connectivity index (χ1) is 13.1. The molecule has 1 N–H and O–H groups in total. The minimum absolute atomic E-state index is 0.0230. The second-order valence-electron chi connectivity index (χ2n) is 6.14. The van der Waals surface area contributed by atoms with Gasteiger partial charge in [0.1, 0.15) is 11.2 Å². The molecule has 0 aliphatic carbocycles. The van der Waals surface area contributed by atoms with Crippen LogP contribution in [0.1, 0.15) is 25.3 Å². The zero-order valence-electron chi connectivity index (χ0n) is 14.9. The Kier molecular flexibility index (Phi) is 5.57. The maximum atomic E-state index is 13.0. The molecule has 28 heavy (non-hydrogen) atoms. The number of alkyl halides is 3. The molecule has 1 atom stereocenters. The van der Waals surface area contributed by atoms with Gasteiger partial charge in [0, 0.05) is 24.3 Å². The molecule has 1 aliphatic rings. The summed E-state index contributed by atoms with van der Waals surface area (Å²) >= 11 is 1.09. The molecule has 1 aromatic heterocycles. The van der Waals surface area contributed by atoms with Gasteiger partial charge in [-0.05, 0) is 31.4 Å². The van der Waals surface area contributed by atoms with E-state index in [1.807, 2.05) is 18.9 Å². The van der Waals surface area contributed by atoms with E-state index in [9.17, 15) is 21.6 Å². The quantitative estimate of drug-likeness (QED) is 0.704. The monoisotopic (exact) mass is 434 g/mol. The molecule has 1 aliphatic heterocycles. The van der Waals surface area contributed by atoms with E-state index in [0.717, 1.165) is 17.8 Å². The fourth-order valence-corrected chi connectivity index (χ4v) is 4.07. The third-order valence-electron chi connectivity index (χ3n) is 4.53. The number of azo groups is 1. The molecule has 13 heteroatoms. The third kappa shape index (κ3) is 3.94. The highest BCUT2D eigenvalue weighted by Gasteiger charge is 2.47. The lowest BCUT2D eigenvalue weighted by atomic mass is 9.93. The molecule has 0 fully saturated rings. The SMILES string of the molecule is CCC1CCc2c(ccc(N=Nc3nncs3)c2NS(=O)(=O)C(F)(F)F)N1C. The summed E-state index contributed by atoms with van der Waals surface area (Å²) < 4.78 is 64.0. The predicted octanol–water partition coefficient (Wildman–Crippen LogP) is 4.38. The Hall–Kier alpha value is -2.28. The average Bonchev–Trinajstić information content (AvgIpc) is 3.14. The van der Waals surface area contributed by atoms with Gasteiger partial charge in [0.2, 0.25) is 0 Å². The van der Waals surface area contributed by atoms with Crippen molar-refractivity contribution in [1.29, 1.82) is 0 Å². The summed E-state index contributed by atoms with van der Waals surface area (Å²) in [6.45, 7) is 2.02. The molecule has 0 saturated heterocycles. The standard InChI is InChI=1S/C15H17F3N6O2S2/c1-3-9-4-5-10-12(24(9)2)7-6-11(20-22-14-21-19-8-27-14)13(10)23-28(25,26)15(16,17)18/h6-9,23H,3-5H2,1-2H3. The molecule has 0 amide bonds. The number of anilines is 2. The molecule has 2 heterocycles. The smallest absolute Gasteiger partial charge is 0.371 e. The maximum Gasteiger partial charge on any atom is 0.516 e. The zero-order chi connectivity index (χ0) is 20.5. The van der Waals surface area contributed by atoms with Crippen molar-refractivity contribution < 1.29 is 21.6 Å².